The first-order valence-corrected chi connectivity index (χ1v) is 9.24. The minimum absolute atomic E-state index is 0.690. The third kappa shape index (κ3) is 4.08. The average molecular weight is 329 g/mol. The van der Waals surface area contributed by atoms with Crippen molar-refractivity contribution in [3.8, 4) is 0 Å². The van der Waals surface area contributed by atoms with Crippen molar-refractivity contribution in [2.75, 3.05) is 44.2 Å². The molecule has 1 aromatic carbocycles. The monoisotopic (exact) mass is 329 g/mol. The predicted molar refractivity (Wildman–Crippen MR) is 102 cm³/mol. The SMILES string of the molecule is CC(C)N1CCC(N2CCN(c3ccc(C=NN)cc3)CC2)CC1. The summed E-state index contributed by atoms with van der Waals surface area (Å²) in [4.78, 5) is 7.81. The molecule has 2 saturated heterocycles. The summed E-state index contributed by atoms with van der Waals surface area (Å²) in [6, 6.07) is 9.99. The molecular formula is C19H31N5. The number of hydrogen-bond donors (Lipinski definition) is 1. The number of hydrogen-bond acceptors (Lipinski definition) is 5. The summed E-state index contributed by atoms with van der Waals surface area (Å²) in [5.74, 6) is 5.20. The van der Waals surface area contributed by atoms with Gasteiger partial charge in [-0.05, 0) is 57.5 Å². The number of rotatable bonds is 4. The van der Waals surface area contributed by atoms with Crippen LogP contribution in [0.2, 0.25) is 0 Å². The van der Waals surface area contributed by atoms with E-state index < -0.39 is 0 Å². The summed E-state index contributed by atoms with van der Waals surface area (Å²) >= 11 is 0. The summed E-state index contributed by atoms with van der Waals surface area (Å²) < 4.78 is 0. The van der Waals surface area contributed by atoms with Gasteiger partial charge in [-0.15, -0.1) is 0 Å². The molecule has 24 heavy (non-hydrogen) atoms. The van der Waals surface area contributed by atoms with Crippen LogP contribution in [0, 0.1) is 0 Å². The van der Waals surface area contributed by atoms with Crippen molar-refractivity contribution in [1.29, 1.82) is 0 Å². The number of piperazine rings is 1. The van der Waals surface area contributed by atoms with Crippen molar-refractivity contribution in [3.05, 3.63) is 29.8 Å². The summed E-state index contributed by atoms with van der Waals surface area (Å²) in [6.45, 7) is 11.7. The first-order valence-electron chi connectivity index (χ1n) is 9.24. The molecule has 0 radical (unpaired) electrons. The molecule has 0 spiro atoms. The maximum absolute atomic E-state index is 5.20. The Balaban J connectivity index is 1.49. The maximum atomic E-state index is 5.20. The van der Waals surface area contributed by atoms with E-state index in [2.05, 4.69) is 57.9 Å². The van der Waals surface area contributed by atoms with E-state index in [1.54, 1.807) is 6.21 Å². The first kappa shape index (κ1) is 17.2. The van der Waals surface area contributed by atoms with E-state index in [1.807, 2.05) is 0 Å². The molecule has 5 nitrogen and oxygen atoms in total. The molecule has 0 unspecified atom stereocenters. The van der Waals surface area contributed by atoms with Crippen molar-refractivity contribution in [1.82, 2.24) is 9.80 Å². The highest BCUT2D eigenvalue weighted by Crippen LogP contribution is 2.22. The third-order valence-corrected chi connectivity index (χ3v) is 5.54. The van der Waals surface area contributed by atoms with Gasteiger partial charge in [-0.25, -0.2) is 0 Å². The maximum Gasteiger partial charge on any atom is 0.0538 e. The zero-order valence-electron chi connectivity index (χ0n) is 15.1. The number of likely N-dealkylation sites (tertiary alicyclic amines) is 1. The second-order valence-electron chi connectivity index (χ2n) is 7.25. The fourth-order valence-electron chi connectivity index (χ4n) is 3.97. The summed E-state index contributed by atoms with van der Waals surface area (Å²) in [5.41, 5.74) is 2.36. The smallest absolute Gasteiger partial charge is 0.0538 e. The minimum atomic E-state index is 0.690. The Labute approximate surface area is 146 Å². The fourth-order valence-corrected chi connectivity index (χ4v) is 3.97. The number of benzene rings is 1. The van der Waals surface area contributed by atoms with Crippen LogP contribution in [0.5, 0.6) is 0 Å². The Morgan fingerprint density at radius 2 is 1.62 bits per heavy atom. The van der Waals surface area contributed by atoms with E-state index in [1.165, 1.54) is 44.7 Å². The van der Waals surface area contributed by atoms with Crippen LogP contribution in [0.25, 0.3) is 0 Å². The van der Waals surface area contributed by atoms with Crippen LogP contribution in [0.4, 0.5) is 5.69 Å². The third-order valence-electron chi connectivity index (χ3n) is 5.54. The molecule has 0 amide bonds. The lowest BCUT2D eigenvalue weighted by atomic mass is 10.0. The molecule has 5 heteroatoms. The van der Waals surface area contributed by atoms with Crippen molar-refractivity contribution >= 4 is 11.9 Å². The van der Waals surface area contributed by atoms with Gasteiger partial charge in [0.2, 0.25) is 0 Å². The largest absolute Gasteiger partial charge is 0.369 e. The number of anilines is 1. The van der Waals surface area contributed by atoms with Crippen LogP contribution in [-0.4, -0.2) is 67.4 Å². The van der Waals surface area contributed by atoms with Gasteiger partial charge in [0, 0.05) is 44.0 Å². The Kier molecular flexibility index (Phi) is 5.74. The van der Waals surface area contributed by atoms with Crippen LogP contribution >= 0.6 is 0 Å². The molecule has 2 N–H and O–H groups in total. The van der Waals surface area contributed by atoms with Gasteiger partial charge in [0.25, 0.3) is 0 Å². The molecule has 2 fully saturated rings. The lowest BCUT2D eigenvalue weighted by Gasteiger charge is -2.44. The molecule has 3 rings (SSSR count). The van der Waals surface area contributed by atoms with E-state index in [-0.39, 0.29) is 0 Å². The summed E-state index contributed by atoms with van der Waals surface area (Å²) in [7, 11) is 0. The van der Waals surface area contributed by atoms with E-state index in [0.717, 1.165) is 24.7 Å². The van der Waals surface area contributed by atoms with Crippen molar-refractivity contribution in [3.63, 3.8) is 0 Å². The Morgan fingerprint density at radius 3 is 2.17 bits per heavy atom. The molecule has 0 aliphatic carbocycles. The van der Waals surface area contributed by atoms with Crippen molar-refractivity contribution in [2.45, 2.75) is 38.8 Å². The van der Waals surface area contributed by atoms with E-state index in [4.69, 9.17) is 5.84 Å². The topological polar surface area (TPSA) is 48.1 Å². The number of nitrogens with two attached hydrogens (primary N) is 1. The lowest BCUT2D eigenvalue weighted by Crippen LogP contribution is -2.53. The first-order chi connectivity index (χ1) is 11.7. The van der Waals surface area contributed by atoms with E-state index >= 15 is 0 Å². The zero-order chi connectivity index (χ0) is 16.9. The molecule has 0 atom stereocenters. The van der Waals surface area contributed by atoms with Crippen LogP contribution in [0.15, 0.2) is 29.4 Å². The van der Waals surface area contributed by atoms with Crippen LogP contribution in [0.3, 0.4) is 0 Å². The van der Waals surface area contributed by atoms with Crippen molar-refractivity contribution < 1.29 is 0 Å². The second kappa shape index (κ2) is 7.99. The highest BCUT2D eigenvalue weighted by Gasteiger charge is 2.28. The molecule has 2 aliphatic rings. The van der Waals surface area contributed by atoms with Crippen LogP contribution in [0.1, 0.15) is 32.3 Å². The molecule has 0 aromatic heterocycles. The molecule has 0 bridgehead atoms. The van der Waals surface area contributed by atoms with Gasteiger partial charge in [0.1, 0.15) is 0 Å². The lowest BCUT2D eigenvalue weighted by molar-refractivity contribution is 0.0883. The predicted octanol–water partition coefficient (Wildman–Crippen LogP) is 1.97. The molecule has 1 aromatic rings. The Bertz CT molecular complexity index is 523. The quantitative estimate of drug-likeness (QED) is 0.521. The number of hydrazone groups is 1. The summed E-state index contributed by atoms with van der Waals surface area (Å²) in [5, 5.41) is 3.58. The molecule has 132 valence electrons. The van der Waals surface area contributed by atoms with E-state index in [9.17, 15) is 0 Å². The highest BCUT2D eigenvalue weighted by atomic mass is 15.3. The Hall–Kier alpha value is -1.59. The van der Waals surface area contributed by atoms with E-state index in [0.29, 0.717) is 6.04 Å². The van der Waals surface area contributed by atoms with Gasteiger partial charge in [-0.3, -0.25) is 4.90 Å². The minimum Gasteiger partial charge on any atom is -0.369 e. The average Bonchev–Trinajstić information content (AvgIpc) is 2.63. The molecule has 2 aliphatic heterocycles. The van der Waals surface area contributed by atoms with Gasteiger partial charge in [0.05, 0.1) is 6.21 Å². The molecular weight excluding hydrogens is 298 g/mol. The van der Waals surface area contributed by atoms with Gasteiger partial charge in [-0.2, -0.15) is 5.10 Å². The van der Waals surface area contributed by atoms with Crippen LogP contribution < -0.4 is 10.7 Å². The molecule has 2 heterocycles. The highest BCUT2D eigenvalue weighted by molar-refractivity contribution is 5.80. The van der Waals surface area contributed by atoms with Crippen molar-refractivity contribution in [2.24, 2.45) is 10.9 Å². The molecule has 0 saturated carbocycles. The standard InChI is InChI=1S/C19H31N5/c1-16(2)22-9-7-19(8-10-22)24-13-11-23(12-14-24)18-5-3-17(4-6-18)15-21-20/h3-6,15-16,19H,7-14,20H2,1-2H3. The van der Waals surface area contributed by atoms with Gasteiger partial charge in [-0.1, -0.05) is 12.1 Å². The second-order valence-corrected chi connectivity index (χ2v) is 7.25. The number of piperidine rings is 1. The van der Waals surface area contributed by atoms with Gasteiger partial charge >= 0.3 is 0 Å². The van der Waals surface area contributed by atoms with Gasteiger partial charge in [0.15, 0.2) is 0 Å². The van der Waals surface area contributed by atoms with Crippen LogP contribution in [-0.2, 0) is 0 Å². The normalized spacial score (nSPS) is 21.9. The number of nitrogens with zero attached hydrogens (tertiary/aromatic N) is 4. The summed E-state index contributed by atoms with van der Waals surface area (Å²) in [6.07, 6.45) is 4.34. The Morgan fingerprint density at radius 1 is 1.00 bits per heavy atom. The zero-order valence-corrected chi connectivity index (χ0v) is 15.1. The van der Waals surface area contributed by atoms with Gasteiger partial charge < -0.3 is 15.6 Å². The fraction of sp³-hybridized carbons (Fsp3) is 0.632.